The van der Waals surface area contributed by atoms with Gasteiger partial charge in [-0.2, -0.15) is 0 Å². The normalized spacial score (nSPS) is 25.1. The van der Waals surface area contributed by atoms with Gasteiger partial charge in [-0.3, -0.25) is 4.90 Å². The molecule has 7 heteroatoms. The van der Waals surface area contributed by atoms with Crippen molar-refractivity contribution < 1.29 is 54.0 Å². The molecule has 1 spiro atoms. The smallest absolute Gasteiger partial charge is 0.870 e. The summed E-state index contributed by atoms with van der Waals surface area (Å²) in [7, 11) is 3.51. The average Bonchev–Trinajstić information content (AvgIpc) is 3.22. The van der Waals surface area contributed by atoms with Crippen LogP contribution in [0.2, 0.25) is 0 Å². The number of methoxy groups -OCH3 is 1. The molecule has 0 saturated heterocycles. The van der Waals surface area contributed by atoms with Gasteiger partial charge in [0, 0.05) is 12.1 Å². The molecule has 0 aromatic heterocycles. The molecule has 3 aliphatic rings. The van der Waals surface area contributed by atoms with E-state index in [2.05, 4.69) is 4.90 Å². The van der Waals surface area contributed by atoms with Crippen LogP contribution in [-0.4, -0.2) is 37.5 Å². The van der Waals surface area contributed by atoms with Gasteiger partial charge < -0.3 is 24.4 Å². The van der Waals surface area contributed by atoms with Crippen LogP contribution in [0.5, 0.6) is 23.0 Å². The van der Waals surface area contributed by atoms with Gasteiger partial charge in [-0.25, -0.2) is 0 Å². The summed E-state index contributed by atoms with van der Waals surface area (Å²) in [5, 5.41) is 23.9. The molecule has 1 N–H and O–H groups in total. The van der Waals surface area contributed by atoms with Crippen LogP contribution in [0.25, 0.3) is 0 Å². The molecule has 1 aliphatic carbocycles. The summed E-state index contributed by atoms with van der Waals surface area (Å²) in [5.41, 5.74) is 3.07. The number of fused-ring (bicyclic) bond motifs is 5. The van der Waals surface area contributed by atoms with Crippen molar-refractivity contribution in [2.75, 3.05) is 27.5 Å². The van der Waals surface area contributed by atoms with Gasteiger partial charge in [-0.1, -0.05) is 17.9 Å². The van der Waals surface area contributed by atoms with Crippen LogP contribution >= 0.6 is 0 Å². The van der Waals surface area contributed by atoms with E-state index < -0.39 is 11.6 Å². The van der Waals surface area contributed by atoms with E-state index in [1.165, 1.54) is 7.11 Å². The van der Waals surface area contributed by atoms with Crippen LogP contribution in [0.3, 0.4) is 0 Å². The second-order valence-corrected chi connectivity index (χ2v) is 7.21. The average molecular weight is 377 g/mol. The van der Waals surface area contributed by atoms with E-state index in [4.69, 9.17) is 14.2 Å². The summed E-state index contributed by atoms with van der Waals surface area (Å²) < 4.78 is 16.3. The van der Waals surface area contributed by atoms with Crippen LogP contribution in [-0.2, 0) is 18.4 Å². The van der Waals surface area contributed by atoms with Crippen molar-refractivity contribution in [2.24, 2.45) is 0 Å². The SMILES string of the molecule is COc1cc2c(cc1[O-])C1(Cc3ccc4c(c3[C@@H]1O)OCO4)N(C)CC2.[Na+]. The van der Waals surface area contributed by atoms with E-state index in [-0.39, 0.29) is 42.1 Å². The van der Waals surface area contributed by atoms with Crippen LogP contribution in [0.15, 0.2) is 24.3 Å². The van der Waals surface area contributed by atoms with Crippen molar-refractivity contribution in [3.8, 4) is 23.0 Å². The van der Waals surface area contributed by atoms with Gasteiger partial charge in [0.25, 0.3) is 0 Å². The number of nitrogens with zero attached hydrogens (tertiary/aromatic N) is 1. The zero-order valence-corrected chi connectivity index (χ0v) is 17.7. The first-order valence-corrected chi connectivity index (χ1v) is 8.75. The van der Waals surface area contributed by atoms with Gasteiger partial charge in [0.15, 0.2) is 11.5 Å². The van der Waals surface area contributed by atoms with E-state index in [1.807, 2.05) is 25.2 Å². The molecule has 2 aromatic carbocycles. The summed E-state index contributed by atoms with van der Waals surface area (Å²) in [5.74, 6) is 1.49. The third-order valence-electron chi connectivity index (χ3n) is 6.11. The van der Waals surface area contributed by atoms with Gasteiger partial charge in [0.1, 0.15) is 11.9 Å². The van der Waals surface area contributed by atoms with Gasteiger partial charge in [0.05, 0.1) is 12.6 Å². The third-order valence-corrected chi connectivity index (χ3v) is 6.11. The predicted molar refractivity (Wildman–Crippen MR) is 91.7 cm³/mol. The number of rotatable bonds is 1. The molecule has 0 saturated carbocycles. The largest absolute Gasteiger partial charge is 1.00 e. The summed E-state index contributed by atoms with van der Waals surface area (Å²) in [6.45, 7) is 0.957. The van der Waals surface area contributed by atoms with Crippen LogP contribution in [0.4, 0.5) is 0 Å². The topological polar surface area (TPSA) is 74.2 Å². The number of hydrogen-bond donors (Lipinski definition) is 1. The molecule has 6 nitrogen and oxygen atoms in total. The van der Waals surface area contributed by atoms with Gasteiger partial charge in [0.2, 0.25) is 6.79 Å². The Morgan fingerprint density at radius 1 is 1.26 bits per heavy atom. The minimum Gasteiger partial charge on any atom is -0.870 e. The van der Waals surface area contributed by atoms with Crippen LogP contribution < -0.4 is 48.9 Å². The molecule has 1 unspecified atom stereocenters. The number of benzene rings is 2. The van der Waals surface area contributed by atoms with Crippen molar-refractivity contribution in [3.63, 3.8) is 0 Å². The van der Waals surface area contributed by atoms with E-state index in [1.54, 1.807) is 6.07 Å². The Morgan fingerprint density at radius 2 is 2.07 bits per heavy atom. The fourth-order valence-electron chi connectivity index (χ4n) is 4.77. The Hall–Kier alpha value is -1.44. The standard InChI is InChI=1S/C20H21NO5.Na/c1-21-6-5-11-7-16(24-2)14(22)8-13(11)20(21)9-12-3-4-15-18(26-10-25-15)17(12)19(20)23;/h3-4,7-8,19,22-23H,5-6,9-10H2,1-2H3;/q;+1/p-1/t19-,20?;/m0./s1. The summed E-state index contributed by atoms with van der Waals surface area (Å²) in [4.78, 5) is 2.16. The van der Waals surface area contributed by atoms with Crippen LogP contribution in [0, 0.1) is 0 Å². The fraction of sp³-hybridized carbons (Fsp3) is 0.400. The second kappa shape index (κ2) is 6.57. The molecule has 2 atom stereocenters. The zero-order valence-electron chi connectivity index (χ0n) is 15.7. The summed E-state index contributed by atoms with van der Waals surface area (Å²) in [6.07, 6.45) is 0.631. The molecule has 2 aliphatic heterocycles. The van der Waals surface area contributed by atoms with Crippen molar-refractivity contribution in [1.82, 2.24) is 4.90 Å². The molecule has 5 rings (SSSR count). The number of ether oxygens (including phenoxy) is 3. The van der Waals surface area contributed by atoms with Gasteiger partial charge in [-0.05, 0) is 48.7 Å². The minimum atomic E-state index is -0.800. The molecule has 2 heterocycles. The zero-order chi connectivity index (χ0) is 18.1. The molecule has 0 bridgehead atoms. The number of likely N-dealkylation sites (N-methyl/N-ethyl adjacent to an activating group) is 1. The quantitative estimate of drug-likeness (QED) is 0.609. The maximum atomic E-state index is 12.5. The first kappa shape index (κ1) is 18.9. The van der Waals surface area contributed by atoms with E-state index in [0.717, 1.165) is 35.2 Å². The molecule has 0 radical (unpaired) electrons. The number of aliphatic hydroxyl groups excluding tert-OH is 1. The molecule has 0 amide bonds. The Morgan fingerprint density at radius 3 is 2.85 bits per heavy atom. The van der Waals surface area contributed by atoms with E-state index in [0.29, 0.717) is 23.7 Å². The van der Waals surface area contributed by atoms with Crippen molar-refractivity contribution in [3.05, 3.63) is 46.5 Å². The Bertz CT molecular complexity index is 918. The van der Waals surface area contributed by atoms with Crippen molar-refractivity contribution in [1.29, 1.82) is 0 Å². The maximum Gasteiger partial charge on any atom is 1.00 e. The molecular weight excluding hydrogens is 357 g/mol. The Kier molecular flexibility index (Phi) is 4.60. The van der Waals surface area contributed by atoms with Gasteiger partial charge in [-0.15, -0.1) is 0 Å². The van der Waals surface area contributed by atoms with Crippen molar-refractivity contribution in [2.45, 2.75) is 24.5 Å². The Balaban J connectivity index is 0.00000180. The first-order chi connectivity index (χ1) is 12.6. The number of aliphatic hydroxyl groups is 1. The Labute approximate surface area is 179 Å². The molecule has 136 valence electrons. The monoisotopic (exact) mass is 377 g/mol. The van der Waals surface area contributed by atoms with Gasteiger partial charge >= 0.3 is 29.6 Å². The predicted octanol–water partition coefficient (Wildman–Crippen LogP) is -1.53. The fourth-order valence-corrected chi connectivity index (χ4v) is 4.77. The maximum absolute atomic E-state index is 12.5. The first-order valence-electron chi connectivity index (χ1n) is 8.75. The van der Waals surface area contributed by atoms with Crippen LogP contribution in [0.1, 0.15) is 28.4 Å². The molecule has 27 heavy (non-hydrogen) atoms. The van der Waals surface area contributed by atoms with Crippen molar-refractivity contribution >= 4 is 0 Å². The second-order valence-electron chi connectivity index (χ2n) is 7.21. The third kappa shape index (κ3) is 2.44. The number of hydrogen-bond acceptors (Lipinski definition) is 6. The van der Waals surface area contributed by atoms with E-state index in [9.17, 15) is 10.2 Å². The molecule has 2 aromatic rings. The van der Waals surface area contributed by atoms with E-state index >= 15 is 0 Å². The summed E-state index contributed by atoms with van der Waals surface area (Å²) in [6, 6.07) is 7.34. The molecule has 0 fully saturated rings. The summed E-state index contributed by atoms with van der Waals surface area (Å²) >= 11 is 0. The molecular formula is C20H20NNaO5. The minimum absolute atomic E-state index is 0.